The van der Waals surface area contributed by atoms with Gasteiger partial charge in [-0.15, -0.1) is 0 Å². The summed E-state index contributed by atoms with van der Waals surface area (Å²) in [5, 5.41) is 4.10. The Morgan fingerprint density at radius 3 is 3.00 bits per heavy atom. The molecule has 0 N–H and O–H groups in total. The van der Waals surface area contributed by atoms with E-state index in [9.17, 15) is 4.39 Å². The third kappa shape index (κ3) is 2.40. The van der Waals surface area contributed by atoms with Gasteiger partial charge in [-0.1, -0.05) is 12.1 Å². The zero-order valence-electron chi connectivity index (χ0n) is 10.5. The van der Waals surface area contributed by atoms with Crippen LogP contribution in [-0.2, 0) is 6.54 Å². The minimum absolute atomic E-state index is 0.217. The summed E-state index contributed by atoms with van der Waals surface area (Å²) < 4.78 is 14.8. The van der Waals surface area contributed by atoms with E-state index in [1.165, 1.54) is 12.1 Å². The predicted molar refractivity (Wildman–Crippen MR) is 71.5 cm³/mol. The normalized spacial score (nSPS) is 10.8. The van der Waals surface area contributed by atoms with Gasteiger partial charge in [0.15, 0.2) is 5.65 Å². The highest BCUT2D eigenvalue weighted by atomic mass is 19.1. The van der Waals surface area contributed by atoms with Crippen LogP contribution in [0.15, 0.2) is 48.8 Å². The first-order valence-corrected chi connectivity index (χ1v) is 5.98. The van der Waals surface area contributed by atoms with Crippen LogP contribution in [0.2, 0.25) is 0 Å². The third-order valence-corrected chi connectivity index (χ3v) is 2.94. The van der Waals surface area contributed by atoms with Crippen LogP contribution in [0, 0.1) is 5.82 Å². The van der Waals surface area contributed by atoms with Crippen molar-refractivity contribution in [2.24, 2.45) is 0 Å². The van der Waals surface area contributed by atoms with Gasteiger partial charge in [0.2, 0.25) is 0 Å². The summed E-state index contributed by atoms with van der Waals surface area (Å²) in [4.78, 5) is 6.46. The Balaban J connectivity index is 1.84. The number of fused-ring (bicyclic) bond motifs is 1. The lowest BCUT2D eigenvalue weighted by Crippen LogP contribution is -2.18. The van der Waals surface area contributed by atoms with E-state index >= 15 is 0 Å². The highest BCUT2D eigenvalue weighted by Gasteiger charge is 2.05. The van der Waals surface area contributed by atoms with Crippen LogP contribution in [0.1, 0.15) is 5.56 Å². The van der Waals surface area contributed by atoms with Crippen LogP contribution in [0.25, 0.3) is 5.65 Å². The SMILES string of the molecule is CN(Cc1cccc(F)c1)c1ccn2nccc2n1. The van der Waals surface area contributed by atoms with Gasteiger partial charge < -0.3 is 4.90 Å². The Hall–Kier alpha value is -2.43. The molecule has 0 fully saturated rings. The molecule has 0 spiro atoms. The van der Waals surface area contributed by atoms with Crippen LogP contribution in [-0.4, -0.2) is 21.6 Å². The van der Waals surface area contributed by atoms with Crippen molar-refractivity contribution in [3.63, 3.8) is 0 Å². The molecule has 5 heteroatoms. The van der Waals surface area contributed by atoms with Gasteiger partial charge in [0, 0.05) is 25.9 Å². The maximum Gasteiger partial charge on any atom is 0.157 e. The molecule has 1 aromatic carbocycles. The number of nitrogens with zero attached hydrogens (tertiary/aromatic N) is 4. The fourth-order valence-electron chi connectivity index (χ4n) is 2.01. The van der Waals surface area contributed by atoms with Gasteiger partial charge >= 0.3 is 0 Å². The molecule has 0 aliphatic heterocycles. The predicted octanol–water partition coefficient (Wildman–Crippen LogP) is 2.50. The molecule has 0 saturated carbocycles. The Kier molecular flexibility index (Phi) is 2.87. The summed E-state index contributed by atoms with van der Waals surface area (Å²) in [6, 6.07) is 10.3. The average Bonchev–Trinajstić information content (AvgIpc) is 2.85. The smallest absolute Gasteiger partial charge is 0.157 e. The lowest BCUT2D eigenvalue weighted by molar-refractivity contribution is 0.625. The van der Waals surface area contributed by atoms with Gasteiger partial charge in [0.1, 0.15) is 11.6 Å². The minimum atomic E-state index is -0.217. The van der Waals surface area contributed by atoms with Crippen LogP contribution < -0.4 is 4.90 Å². The van der Waals surface area contributed by atoms with E-state index in [4.69, 9.17) is 0 Å². The molecule has 0 amide bonds. The molecule has 0 atom stereocenters. The highest BCUT2D eigenvalue weighted by Crippen LogP contribution is 2.14. The minimum Gasteiger partial charge on any atom is -0.355 e. The molecule has 0 saturated heterocycles. The maximum absolute atomic E-state index is 13.1. The number of benzene rings is 1. The Morgan fingerprint density at radius 2 is 2.16 bits per heavy atom. The number of rotatable bonds is 3. The molecule has 3 aromatic rings. The van der Waals surface area contributed by atoms with E-state index in [2.05, 4.69) is 10.1 Å². The van der Waals surface area contributed by atoms with Gasteiger partial charge in [0.25, 0.3) is 0 Å². The van der Waals surface area contributed by atoms with Crippen molar-refractivity contribution < 1.29 is 4.39 Å². The van der Waals surface area contributed by atoms with E-state index in [1.807, 2.05) is 36.3 Å². The van der Waals surface area contributed by atoms with Crippen LogP contribution in [0.4, 0.5) is 10.2 Å². The van der Waals surface area contributed by atoms with Gasteiger partial charge in [-0.05, 0) is 23.8 Å². The van der Waals surface area contributed by atoms with Gasteiger partial charge in [0.05, 0.1) is 6.20 Å². The van der Waals surface area contributed by atoms with Crippen LogP contribution in [0.3, 0.4) is 0 Å². The molecule has 3 rings (SSSR count). The Labute approximate surface area is 110 Å². The van der Waals surface area contributed by atoms with Crippen molar-refractivity contribution in [3.8, 4) is 0 Å². The first kappa shape index (κ1) is 11.6. The van der Waals surface area contributed by atoms with Crippen LogP contribution >= 0.6 is 0 Å². The molecular formula is C14H13FN4. The molecule has 0 aliphatic carbocycles. The summed E-state index contributed by atoms with van der Waals surface area (Å²) in [6.45, 7) is 0.606. The van der Waals surface area contributed by atoms with Crippen molar-refractivity contribution in [1.82, 2.24) is 14.6 Å². The fraction of sp³-hybridized carbons (Fsp3) is 0.143. The largest absolute Gasteiger partial charge is 0.355 e. The van der Waals surface area contributed by atoms with Gasteiger partial charge in [-0.2, -0.15) is 5.10 Å². The van der Waals surface area contributed by atoms with E-state index < -0.39 is 0 Å². The first-order chi connectivity index (χ1) is 9.22. The van der Waals surface area contributed by atoms with E-state index in [0.717, 1.165) is 17.0 Å². The third-order valence-electron chi connectivity index (χ3n) is 2.94. The molecule has 2 heterocycles. The Morgan fingerprint density at radius 1 is 1.26 bits per heavy atom. The Bertz CT molecular complexity index is 707. The zero-order valence-corrected chi connectivity index (χ0v) is 10.5. The average molecular weight is 256 g/mol. The number of halogens is 1. The van der Waals surface area contributed by atoms with E-state index in [-0.39, 0.29) is 5.82 Å². The molecule has 0 bridgehead atoms. The summed E-state index contributed by atoms with van der Waals surface area (Å²) in [7, 11) is 1.93. The summed E-state index contributed by atoms with van der Waals surface area (Å²) >= 11 is 0. The molecular weight excluding hydrogens is 243 g/mol. The molecule has 2 aromatic heterocycles. The lowest BCUT2D eigenvalue weighted by Gasteiger charge is -2.18. The first-order valence-electron chi connectivity index (χ1n) is 5.98. The fourth-order valence-corrected chi connectivity index (χ4v) is 2.01. The topological polar surface area (TPSA) is 33.4 Å². The zero-order chi connectivity index (χ0) is 13.2. The number of aromatic nitrogens is 3. The second-order valence-corrected chi connectivity index (χ2v) is 4.41. The number of hydrogen-bond donors (Lipinski definition) is 0. The summed E-state index contributed by atoms with van der Waals surface area (Å²) in [5.74, 6) is 0.613. The van der Waals surface area contributed by atoms with Gasteiger partial charge in [-0.3, -0.25) is 0 Å². The second-order valence-electron chi connectivity index (χ2n) is 4.41. The van der Waals surface area contributed by atoms with Crippen LogP contribution in [0.5, 0.6) is 0 Å². The molecule has 4 nitrogen and oxygen atoms in total. The monoisotopic (exact) mass is 256 g/mol. The van der Waals surface area contributed by atoms with E-state index in [1.54, 1.807) is 16.8 Å². The van der Waals surface area contributed by atoms with Crippen molar-refractivity contribution >= 4 is 11.5 Å². The van der Waals surface area contributed by atoms with E-state index in [0.29, 0.717) is 6.54 Å². The van der Waals surface area contributed by atoms with Crippen molar-refractivity contribution in [3.05, 3.63) is 60.2 Å². The highest BCUT2D eigenvalue weighted by molar-refractivity contribution is 5.47. The lowest BCUT2D eigenvalue weighted by atomic mass is 10.2. The number of anilines is 1. The molecule has 19 heavy (non-hydrogen) atoms. The van der Waals surface area contributed by atoms with Crippen molar-refractivity contribution in [1.29, 1.82) is 0 Å². The molecule has 96 valence electrons. The molecule has 0 aliphatic rings. The second kappa shape index (κ2) is 4.68. The number of hydrogen-bond acceptors (Lipinski definition) is 3. The van der Waals surface area contributed by atoms with Crippen molar-refractivity contribution in [2.45, 2.75) is 6.54 Å². The standard InChI is InChI=1S/C14H13FN4/c1-18(10-11-3-2-4-12(15)9-11)13-6-8-19-14(17-13)5-7-16-19/h2-9H,10H2,1H3. The van der Waals surface area contributed by atoms with Crippen molar-refractivity contribution in [2.75, 3.05) is 11.9 Å². The maximum atomic E-state index is 13.1. The molecule has 0 unspecified atom stereocenters. The summed E-state index contributed by atoms with van der Waals surface area (Å²) in [6.07, 6.45) is 3.57. The van der Waals surface area contributed by atoms with Gasteiger partial charge in [-0.25, -0.2) is 13.9 Å². The quantitative estimate of drug-likeness (QED) is 0.722. The summed E-state index contributed by atoms with van der Waals surface area (Å²) in [5.41, 5.74) is 1.71. The molecule has 0 radical (unpaired) electrons.